The van der Waals surface area contributed by atoms with Crippen molar-refractivity contribution < 1.29 is 4.79 Å². The predicted molar refractivity (Wildman–Crippen MR) is 50.5 cm³/mol. The summed E-state index contributed by atoms with van der Waals surface area (Å²) in [6.07, 6.45) is 6.76. The van der Waals surface area contributed by atoms with Crippen molar-refractivity contribution in [3.8, 4) is 0 Å². The zero-order chi connectivity index (χ0) is 9.23. The van der Waals surface area contributed by atoms with E-state index < -0.39 is 0 Å². The fraction of sp³-hybridized carbons (Fsp3) is 0.667. The number of hydrogen-bond acceptors (Lipinski definition) is 2. The summed E-state index contributed by atoms with van der Waals surface area (Å²) in [6, 6.07) is 0. The number of carbonyl (C=O) groups is 1. The lowest BCUT2D eigenvalue weighted by Gasteiger charge is -2.01. The molecule has 70 valence electrons. The number of hydrazine groups is 1. The molecule has 0 aromatic rings. The fourth-order valence-corrected chi connectivity index (χ4v) is 0.953. The molecule has 0 aliphatic carbocycles. The van der Waals surface area contributed by atoms with Crippen LogP contribution in [0.5, 0.6) is 0 Å². The van der Waals surface area contributed by atoms with E-state index in [1.165, 1.54) is 0 Å². The maximum atomic E-state index is 10.9. The zero-order valence-electron chi connectivity index (χ0n) is 7.73. The maximum absolute atomic E-state index is 10.9. The third-order valence-corrected chi connectivity index (χ3v) is 1.58. The average Bonchev–Trinajstić information content (AvgIpc) is 2.05. The van der Waals surface area contributed by atoms with E-state index in [0.29, 0.717) is 6.42 Å². The highest BCUT2D eigenvalue weighted by Crippen LogP contribution is 2.02. The number of hydrogen-bond donors (Lipinski definition) is 2. The SMILES string of the molecule is C=CCCCCCC(=O)NNC. The first-order valence-corrected chi connectivity index (χ1v) is 4.37. The minimum absolute atomic E-state index is 0.0658. The second kappa shape index (κ2) is 8.27. The Hall–Kier alpha value is -0.830. The van der Waals surface area contributed by atoms with Crippen molar-refractivity contribution >= 4 is 5.91 Å². The molecule has 0 rings (SSSR count). The summed E-state index contributed by atoms with van der Waals surface area (Å²) in [6.45, 7) is 3.63. The van der Waals surface area contributed by atoms with Crippen LogP contribution in [-0.4, -0.2) is 13.0 Å². The summed E-state index contributed by atoms with van der Waals surface area (Å²) in [5.41, 5.74) is 5.13. The number of unbranched alkanes of at least 4 members (excludes halogenated alkanes) is 3. The first-order chi connectivity index (χ1) is 5.81. The molecule has 2 N–H and O–H groups in total. The van der Waals surface area contributed by atoms with Gasteiger partial charge in [-0.3, -0.25) is 10.2 Å². The summed E-state index contributed by atoms with van der Waals surface area (Å²) in [4.78, 5) is 10.9. The van der Waals surface area contributed by atoms with Crippen molar-refractivity contribution in [1.82, 2.24) is 10.9 Å². The van der Waals surface area contributed by atoms with Gasteiger partial charge >= 0.3 is 0 Å². The van der Waals surface area contributed by atoms with E-state index in [4.69, 9.17) is 0 Å². The number of amides is 1. The van der Waals surface area contributed by atoms with Crippen LogP contribution in [0.4, 0.5) is 0 Å². The second-order valence-corrected chi connectivity index (χ2v) is 2.69. The fourth-order valence-electron chi connectivity index (χ4n) is 0.953. The van der Waals surface area contributed by atoms with Crippen LogP contribution < -0.4 is 10.9 Å². The topological polar surface area (TPSA) is 41.1 Å². The molecular weight excluding hydrogens is 152 g/mol. The molecule has 0 saturated heterocycles. The lowest BCUT2D eigenvalue weighted by Crippen LogP contribution is -2.33. The van der Waals surface area contributed by atoms with Crippen molar-refractivity contribution in [2.75, 3.05) is 7.05 Å². The lowest BCUT2D eigenvalue weighted by atomic mass is 10.1. The summed E-state index contributed by atoms with van der Waals surface area (Å²) in [5.74, 6) is 0.0658. The Bertz CT molecular complexity index is 134. The van der Waals surface area contributed by atoms with Gasteiger partial charge < -0.3 is 0 Å². The molecule has 0 bridgehead atoms. The van der Waals surface area contributed by atoms with Crippen LogP contribution >= 0.6 is 0 Å². The first-order valence-electron chi connectivity index (χ1n) is 4.37. The zero-order valence-corrected chi connectivity index (χ0v) is 7.73. The van der Waals surface area contributed by atoms with E-state index in [1.807, 2.05) is 6.08 Å². The molecule has 0 radical (unpaired) electrons. The standard InChI is InChI=1S/C9H18N2O/c1-3-4-5-6-7-8-9(12)11-10-2/h3,10H,1,4-8H2,2H3,(H,11,12). The minimum Gasteiger partial charge on any atom is -0.292 e. The van der Waals surface area contributed by atoms with Gasteiger partial charge in [-0.15, -0.1) is 6.58 Å². The molecule has 0 fully saturated rings. The number of rotatable bonds is 7. The van der Waals surface area contributed by atoms with Crippen LogP contribution in [-0.2, 0) is 4.79 Å². The summed E-state index contributed by atoms with van der Waals surface area (Å²) < 4.78 is 0. The van der Waals surface area contributed by atoms with E-state index in [9.17, 15) is 4.79 Å². The molecule has 0 aromatic heterocycles. The van der Waals surface area contributed by atoms with Crippen LogP contribution in [0, 0.1) is 0 Å². The Balaban J connectivity index is 3.08. The molecule has 0 aromatic carbocycles. The van der Waals surface area contributed by atoms with Gasteiger partial charge in [-0.2, -0.15) is 0 Å². The molecular formula is C9H18N2O. The molecule has 0 atom stereocenters. The van der Waals surface area contributed by atoms with Gasteiger partial charge in [0.2, 0.25) is 5.91 Å². The summed E-state index contributed by atoms with van der Waals surface area (Å²) in [7, 11) is 1.69. The van der Waals surface area contributed by atoms with Gasteiger partial charge in [-0.1, -0.05) is 12.5 Å². The van der Waals surface area contributed by atoms with Gasteiger partial charge in [0.25, 0.3) is 0 Å². The molecule has 3 nitrogen and oxygen atoms in total. The van der Waals surface area contributed by atoms with Crippen molar-refractivity contribution in [3.05, 3.63) is 12.7 Å². The van der Waals surface area contributed by atoms with Crippen LogP contribution in [0.15, 0.2) is 12.7 Å². The molecule has 0 aliphatic heterocycles. The third-order valence-electron chi connectivity index (χ3n) is 1.58. The Morgan fingerprint density at radius 2 is 2.17 bits per heavy atom. The highest BCUT2D eigenvalue weighted by Gasteiger charge is 1.97. The lowest BCUT2D eigenvalue weighted by molar-refractivity contribution is -0.122. The van der Waals surface area contributed by atoms with Gasteiger partial charge in [0.15, 0.2) is 0 Å². The van der Waals surface area contributed by atoms with Crippen molar-refractivity contribution in [1.29, 1.82) is 0 Å². The van der Waals surface area contributed by atoms with E-state index >= 15 is 0 Å². The van der Waals surface area contributed by atoms with Gasteiger partial charge in [0, 0.05) is 13.5 Å². The average molecular weight is 170 g/mol. The quantitative estimate of drug-likeness (QED) is 0.344. The van der Waals surface area contributed by atoms with E-state index in [0.717, 1.165) is 25.7 Å². The van der Waals surface area contributed by atoms with Gasteiger partial charge in [-0.25, -0.2) is 5.43 Å². The van der Waals surface area contributed by atoms with Crippen LogP contribution in [0.2, 0.25) is 0 Å². The van der Waals surface area contributed by atoms with Crippen molar-refractivity contribution in [2.24, 2.45) is 0 Å². The number of carbonyl (C=O) groups excluding carboxylic acids is 1. The monoisotopic (exact) mass is 170 g/mol. The maximum Gasteiger partial charge on any atom is 0.234 e. The summed E-state index contributed by atoms with van der Waals surface area (Å²) in [5, 5.41) is 0. The van der Waals surface area contributed by atoms with E-state index in [2.05, 4.69) is 17.4 Å². The highest BCUT2D eigenvalue weighted by atomic mass is 16.2. The largest absolute Gasteiger partial charge is 0.292 e. The molecule has 0 heterocycles. The van der Waals surface area contributed by atoms with E-state index in [-0.39, 0.29) is 5.91 Å². The summed E-state index contributed by atoms with van der Waals surface area (Å²) >= 11 is 0. The number of nitrogens with one attached hydrogen (secondary N) is 2. The van der Waals surface area contributed by atoms with Crippen LogP contribution in [0.1, 0.15) is 32.1 Å². The number of allylic oxidation sites excluding steroid dienone is 1. The molecule has 0 aliphatic rings. The van der Waals surface area contributed by atoms with Gasteiger partial charge in [0.1, 0.15) is 0 Å². The van der Waals surface area contributed by atoms with Crippen LogP contribution in [0.25, 0.3) is 0 Å². The molecule has 1 amide bonds. The molecule has 3 heteroatoms. The van der Waals surface area contributed by atoms with Crippen LogP contribution in [0.3, 0.4) is 0 Å². The van der Waals surface area contributed by atoms with Crippen molar-refractivity contribution in [2.45, 2.75) is 32.1 Å². The van der Waals surface area contributed by atoms with Gasteiger partial charge in [0.05, 0.1) is 0 Å². The van der Waals surface area contributed by atoms with Crippen molar-refractivity contribution in [3.63, 3.8) is 0 Å². The highest BCUT2D eigenvalue weighted by molar-refractivity contribution is 5.75. The normalized spacial score (nSPS) is 9.42. The smallest absolute Gasteiger partial charge is 0.234 e. The Labute approximate surface area is 74.2 Å². The Morgan fingerprint density at radius 3 is 2.75 bits per heavy atom. The van der Waals surface area contributed by atoms with E-state index in [1.54, 1.807) is 7.05 Å². The molecule has 0 saturated carbocycles. The Kier molecular flexibility index (Phi) is 7.70. The molecule has 0 unspecified atom stereocenters. The molecule has 0 spiro atoms. The van der Waals surface area contributed by atoms with Gasteiger partial charge in [-0.05, 0) is 19.3 Å². The third kappa shape index (κ3) is 7.28. The second-order valence-electron chi connectivity index (χ2n) is 2.69. The Morgan fingerprint density at radius 1 is 1.42 bits per heavy atom. The molecule has 12 heavy (non-hydrogen) atoms. The first kappa shape index (κ1) is 11.2. The minimum atomic E-state index is 0.0658. The predicted octanol–water partition coefficient (Wildman–Crippen LogP) is 1.37.